The molecule has 3 heterocycles. The molecule has 10 rings (SSSR count). The number of aryl methyl sites for hydroxylation is 6. The van der Waals surface area contributed by atoms with E-state index in [2.05, 4.69) is 188 Å². The molecule has 0 saturated carbocycles. The molecule has 10 aromatic rings. The number of aromatic nitrogens is 3. The molecule has 0 spiro atoms. The summed E-state index contributed by atoms with van der Waals surface area (Å²) in [5.41, 5.74) is 22.6. The van der Waals surface area contributed by atoms with Crippen molar-refractivity contribution in [2.24, 2.45) is 0 Å². The predicted molar refractivity (Wildman–Crippen MR) is 276 cm³/mol. The van der Waals surface area contributed by atoms with Crippen LogP contribution < -0.4 is 0 Å². The topological polar surface area (TPSA) is 62.5 Å². The van der Waals surface area contributed by atoms with Crippen LogP contribution in [0.25, 0.3) is 78.3 Å². The Kier molecular flexibility index (Phi) is 14.3. The first-order valence-corrected chi connectivity index (χ1v) is 23.1. The van der Waals surface area contributed by atoms with Crippen molar-refractivity contribution >= 4 is 0 Å². The maximum Gasteiger partial charge on any atom is 3.00 e. The fraction of sp³-hybridized carbons (Fsp3) is 0.0938. The molecule has 0 saturated heterocycles. The number of nitrogens with zero attached hydrogens (tertiary/aromatic N) is 4. The Morgan fingerprint density at radius 3 is 1.45 bits per heavy atom. The Labute approximate surface area is 419 Å². The largest absolute Gasteiger partial charge is 3.00 e. The third-order valence-corrected chi connectivity index (χ3v) is 12.5. The Hall–Kier alpha value is -7.87. The average molecular weight is 1060 g/mol. The van der Waals surface area contributed by atoms with Gasteiger partial charge in [0.05, 0.1) is 11.6 Å². The van der Waals surface area contributed by atoms with Gasteiger partial charge in [0.1, 0.15) is 0 Å². The van der Waals surface area contributed by atoms with Gasteiger partial charge in [-0.1, -0.05) is 145 Å². The molecule has 0 atom stereocenters. The van der Waals surface area contributed by atoms with Gasteiger partial charge in [-0.15, -0.1) is 94.5 Å². The number of pyridine rings is 3. The van der Waals surface area contributed by atoms with Crippen LogP contribution in [-0.2, 0) is 45.8 Å². The quantitative estimate of drug-likeness (QED) is 0.108. The monoisotopic (exact) mass is 1060 g/mol. The summed E-state index contributed by atoms with van der Waals surface area (Å²) in [5, 5.41) is 9.36. The number of rotatable bonds is 13. The molecule has 0 aliphatic carbocycles. The van der Waals surface area contributed by atoms with Gasteiger partial charge in [0, 0.05) is 18.6 Å². The molecule has 5 heteroatoms. The van der Waals surface area contributed by atoms with Gasteiger partial charge in [0.15, 0.2) is 0 Å². The van der Waals surface area contributed by atoms with Crippen molar-refractivity contribution in [3.05, 3.63) is 258 Å². The second kappa shape index (κ2) is 21.4. The summed E-state index contributed by atoms with van der Waals surface area (Å²) in [6.07, 6.45) is 9.18. The van der Waals surface area contributed by atoms with Gasteiger partial charge in [-0.2, -0.15) is 5.26 Å². The Balaban J connectivity index is 0.00000593. The number of hydrogen-bond acceptors (Lipinski definition) is 4. The summed E-state index contributed by atoms with van der Waals surface area (Å²) in [5.74, 6) is 0. The summed E-state index contributed by atoms with van der Waals surface area (Å²) < 4.78 is 0. The molecule has 0 amide bonds. The predicted octanol–water partition coefficient (Wildman–Crippen LogP) is 15.0. The van der Waals surface area contributed by atoms with Crippen molar-refractivity contribution in [2.45, 2.75) is 39.5 Å². The molecular formula is C64H47IrN4. The average Bonchev–Trinajstić information content (AvgIpc) is 3.40. The van der Waals surface area contributed by atoms with Gasteiger partial charge in [-0.25, -0.2) is 0 Å². The standard InChI is InChI=1S/C64H47N4.Ir/c1-44-10-34-63(67-42-44)54-24-16-46(17-25-54)12-14-49-37-50(15-13-47-18-26-55(27-19-47)64-35-11-45(2)43-68-64)39-57(38-49)58-7-3-4-8-59(58)60-33-32-56(62-9-5-6-36-66-62)40-61(60)53-30-28-52(29-31-53)51-22-20-48(41-65)21-23-51;/h3-11,16-24,26,28-31,33-40,42-43H,12-15H2,1-2H3;/q-3;+3. The van der Waals surface area contributed by atoms with E-state index in [9.17, 15) is 5.26 Å². The van der Waals surface area contributed by atoms with Crippen LogP contribution in [0.4, 0.5) is 0 Å². The SMILES string of the molecule is Cc1ccc(-c2[c-]cc(CCc3cc(CCc4c[c-]c(-c5ccc(C)cn5)cc4)cc(-c4ccccc4-c4c[c-]c(-c5ccccn5)cc4-c4ccc(-c5ccc(C#N)cc5)cc4)c3)cc2)nc1.[Ir+3]. The summed E-state index contributed by atoms with van der Waals surface area (Å²) >= 11 is 0. The van der Waals surface area contributed by atoms with Gasteiger partial charge < -0.3 is 15.0 Å². The van der Waals surface area contributed by atoms with Gasteiger partial charge in [0.2, 0.25) is 0 Å². The molecule has 7 aromatic carbocycles. The zero-order chi connectivity index (χ0) is 46.2. The van der Waals surface area contributed by atoms with Crippen LogP contribution in [0.5, 0.6) is 0 Å². The maximum absolute atomic E-state index is 9.36. The minimum absolute atomic E-state index is 0. The van der Waals surface area contributed by atoms with Crippen LogP contribution in [0.15, 0.2) is 201 Å². The molecule has 0 aliphatic rings. The zero-order valence-electron chi connectivity index (χ0n) is 38.5. The van der Waals surface area contributed by atoms with E-state index in [1.807, 2.05) is 61.1 Å². The molecule has 4 nitrogen and oxygen atoms in total. The van der Waals surface area contributed by atoms with Crippen LogP contribution in [0.2, 0.25) is 0 Å². The number of hydrogen-bond donors (Lipinski definition) is 0. The summed E-state index contributed by atoms with van der Waals surface area (Å²) in [7, 11) is 0. The van der Waals surface area contributed by atoms with E-state index in [-0.39, 0.29) is 20.1 Å². The van der Waals surface area contributed by atoms with Gasteiger partial charge >= 0.3 is 20.1 Å². The van der Waals surface area contributed by atoms with E-state index in [1.165, 1.54) is 27.8 Å². The van der Waals surface area contributed by atoms with E-state index in [0.29, 0.717) is 5.56 Å². The van der Waals surface area contributed by atoms with Crippen molar-refractivity contribution < 1.29 is 20.1 Å². The van der Waals surface area contributed by atoms with Gasteiger partial charge in [-0.3, -0.25) is 0 Å². The Morgan fingerprint density at radius 2 is 0.928 bits per heavy atom. The molecule has 0 unspecified atom stereocenters. The second-order valence-corrected chi connectivity index (χ2v) is 17.4. The first kappa shape index (κ1) is 46.2. The van der Waals surface area contributed by atoms with E-state index in [0.717, 1.165) is 110 Å². The zero-order valence-corrected chi connectivity index (χ0v) is 40.9. The van der Waals surface area contributed by atoms with E-state index >= 15 is 0 Å². The smallest absolute Gasteiger partial charge is 0.305 e. The molecule has 0 radical (unpaired) electrons. The minimum Gasteiger partial charge on any atom is -0.305 e. The number of nitriles is 1. The molecule has 0 fully saturated rings. The van der Waals surface area contributed by atoms with Gasteiger partial charge in [0.25, 0.3) is 0 Å². The van der Waals surface area contributed by atoms with Crippen LogP contribution in [-0.4, -0.2) is 15.0 Å². The molecule has 0 N–H and O–H groups in total. The second-order valence-electron chi connectivity index (χ2n) is 17.4. The summed E-state index contributed by atoms with van der Waals surface area (Å²) in [4.78, 5) is 13.9. The van der Waals surface area contributed by atoms with Crippen molar-refractivity contribution in [2.75, 3.05) is 0 Å². The first-order valence-electron chi connectivity index (χ1n) is 23.1. The van der Waals surface area contributed by atoms with Crippen LogP contribution in [0, 0.1) is 43.4 Å². The minimum atomic E-state index is 0. The van der Waals surface area contributed by atoms with Crippen LogP contribution in [0.3, 0.4) is 0 Å². The van der Waals surface area contributed by atoms with E-state index < -0.39 is 0 Å². The molecule has 0 aliphatic heterocycles. The van der Waals surface area contributed by atoms with E-state index in [1.54, 1.807) is 0 Å². The van der Waals surface area contributed by atoms with Gasteiger partial charge in [-0.05, 0) is 112 Å². The van der Waals surface area contributed by atoms with E-state index in [4.69, 9.17) is 4.98 Å². The molecule has 69 heavy (non-hydrogen) atoms. The molecule has 332 valence electrons. The van der Waals surface area contributed by atoms with Crippen LogP contribution in [0.1, 0.15) is 38.9 Å². The fourth-order valence-electron chi connectivity index (χ4n) is 8.75. The summed E-state index contributed by atoms with van der Waals surface area (Å²) in [6.45, 7) is 4.11. The Bertz CT molecular complexity index is 3250. The van der Waals surface area contributed by atoms with Crippen LogP contribution >= 0.6 is 0 Å². The third kappa shape index (κ3) is 11.0. The number of benzene rings is 7. The summed E-state index contributed by atoms with van der Waals surface area (Å²) in [6, 6.07) is 76.8. The van der Waals surface area contributed by atoms with Crippen molar-refractivity contribution in [1.82, 2.24) is 15.0 Å². The molecule has 0 bridgehead atoms. The Morgan fingerprint density at radius 1 is 0.406 bits per heavy atom. The molecule has 3 aromatic heterocycles. The third-order valence-electron chi connectivity index (χ3n) is 12.5. The van der Waals surface area contributed by atoms with Crippen molar-refractivity contribution in [1.29, 1.82) is 5.26 Å². The normalized spacial score (nSPS) is 10.9. The fourth-order valence-corrected chi connectivity index (χ4v) is 8.75. The maximum atomic E-state index is 9.36. The first-order chi connectivity index (χ1) is 33.4. The van der Waals surface area contributed by atoms with Crippen molar-refractivity contribution in [3.63, 3.8) is 0 Å². The van der Waals surface area contributed by atoms with Crippen molar-refractivity contribution in [3.8, 4) is 84.3 Å². The molecular weight excluding hydrogens is 1020 g/mol.